The lowest BCUT2D eigenvalue weighted by Crippen LogP contribution is -2.40. The summed E-state index contributed by atoms with van der Waals surface area (Å²) < 4.78 is 7.10. The lowest BCUT2D eigenvalue weighted by atomic mass is 9.87. The van der Waals surface area contributed by atoms with E-state index >= 15 is 0 Å². The Morgan fingerprint density at radius 1 is 1.44 bits per heavy atom. The van der Waals surface area contributed by atoms with Crippen LogP contribution in [0.2, 0.25) is 0 Å². The summed E-state index contributed by atoms with van der Waals surface area (Å²) in [5, 5.41) is 10.2. The number of rotatable bonds is 1. The molecule has 1 aromatic carbocycles. The fourth-order valence-corrected chi connectivity index (χ4v) is 2.94. The summed E-state index contributed by atoms with van der Waals surface area (Å²) in [4.78, 5) is 0. The molecule has 1 aliphatic carbocycles. The molecule has 2 nitrogen and oxygen atoms in total. The maximum absolute atomic E-state index is 10.2. The number of benzene rings is 1. The van der Waals surface area contributed by atoms with Crippen molar-refractivity contribution in [3.63, 3.8) is 0 Å². The Bertz CT molecular complexity index is 428. The molecule has 0 amide bonds. The average molecular weight is 283 g/mol. The SMILES string of the molecule is CC1(C2CC2)CC(O)c2ccc(Br)cc2O1. The van der Waals surface area contributed by atoms with Crippen LogP contribution in [0, 0.1) is 5.92 Å². The van der Waals surface area contributed by atoms with Gasteiger partial charge in [0.1, 0.15) is 11.4 Å². The van der Waals surface area contributed by atoms with Crippen molar-refractivity contribution in [1.82, 2.24) is 0 Å². The van der Waals surface area contributed by atoms with Crippen molar-refractivity contribution in [2.45, 2.75) is 37.9 Å². The number of aliphatic hydroxyl groups is 1. The van der Waals surface area contributed by atoms with Gasteiger partial charge in [-0.2, -0.15) is 0 Å². The summed E-state index contributed by atoms with van der Waals surface area (Å²) in [7, 11) is 0. The lowest BCUT2D eigenvalue weighted by Gasteiger charge is -2.38. The summed E-state index contributed by atoms with van der Waals surface area (Å²) >= 11 is 3.44. The van der Waals surface area contributed by atoms with Gasteiger partial charge in [0.05, 0.1) is 6.10 Å². The number of halogens is 1. The van der Waals surface area contributed by atoms with E-state index in [1.165, 1.54) is 12.8 Å². The minimum atomic E-state index is -0.387. The summed E-state index contributed by atoms with van der Waals surface area (Å²) in [6.07, 6.45) is 2.79. The maximum Gasteiger partial charge on any atom is 0.127 e. The zero-order valence-corrected chi connectivity index (χ0v) is 10.8. The van der Waals surface area contributed by atoms with E-state index in [9.17, 15) is 5.11 Å². The van der Waals surface area contributed by atoms with Crippen LogP contribution in [0.25, 0.3) is 0 Å². The van der Waals surface area contributed by atoms with Crippen molar-refractivity contribution in [1.29, 1.82) is 0 Å². The standard InChI is InChI=1S/C13H15BrO2/c1-13(8-2-3-8)7-11(15)10-5-4-9(14)6-12(10)16-13/h4-6,8,11,15H,2-3,7H2,1H3. The van der Waals surface area contributed by atoms with Gasteiger partial charge < -0.3 is 9.84 Å². The van der Waals surface area contributed by atoms with Crippen LogP contribution in [0.5, 0.6) is 5.75 Å². The number of hydrogen-bond acceptors (Lipinski definition) is 2. The monoisotopic (exact) mass is 282 g/mol. The van der Waals surface area contributed by atoms with Crippen molar-refractivity contribution in [2.24, 2.45) is 5.92 Å². The first-order valence-corrected chi connectivity index (χ1v) is 6.54. The van der Waals surface area contributed by atoms with E-state index in [1.54, 1.807) is 0 Å². The smallest absolute Gasteiger partial charge is 0.127 e. The number of hydrogen-bond donors (Lipinski definition) is 1. The van der Waals surface area contributed by atoms with Gasteiger partial charge in [-0.05, 0) is 37.8 Å². The predicted molar refractivity (Wildman–Crippen MR) is 65.5 cm³/mol. The van der Waals surface area contributed by atoms with Crippen LogP contribution in [-0.4, -0.2) is 10.7 Å². The Morgan fingerprint density at radius 2 is 2.19 bits per heavy atom. The Hall–Kier alpha value is -0.540. The van der Waals surface area contributed by atoms with Crippen LogP contribution in [0.1, 0.15) is 37.9 Å². The lowest BCUT2D eigenvalue weighted by molar-refractivity contribution is -0.0166. The second kappa shape index (κ2) is 3.47. The van der Waals surface area contributed by atoms with Gasteiger partial charge in [-0.15, -0.1) is 0 Å². The van der Waals surface area contributed by atoms with Gasteiger partial charge in [-0.3, -0.25) is 0 Å². The van der Waals surface area contributed by atoms with Gasteiger partial charge in [0, 0.05) is 16.5 Å². The first kappa shape index (κ1) is 10.6. The van der Waals surface area contributed by atoms with Crippen molar-refractivity contribution >= 4 is 15.9 Å². The molecule has 0 radical (unpaired) electrons. The van der Waals surface area contributed by atoms with Crippen LogP contribution >= 0.6 is 15.9 Å². The summed E-state index contributed by atoms with van der Waals surface area (Å²) in [5.41, 5.74) is 0.744. The topological polar surface area (TPSA) is 29.5 Å². The molecule has 0 aromatic heterocycles. The first-order chi connectivity index (χ1) is 7.58. The molecule has 0 saturated heterocycles. The van der Waals surface area contributed by atoms with Crippen LogP contribution in [0.4, 0.5) is 0 Å². The van der Waals surface area contributed by atoms with Gasteiger partial charge in [0.2, 0.25) is 0 Å². The molecule has 1 heterocycles. The third-order valence-corrected chi connectivity index (χ3v) is 4.21. The Labute approximate surface area is 104 Å². The zero-order valence-electron chi connectivity index (χ0n) is 9.24. The number of ether oxygens (including phenoxy) is 1. The van der Waals surface area contributed by atoms with Gasteiger partial charge in [-0.25, -0.2) is 0 Å². The normalized spacial score (nSPS) is 33.1. The Morgan fingerprint density at radius 3 is 2.88 bits per heavy atom. The molecule has 0 bridgehead atoms. The summed E-state index contributed by atoms with van der Waals surface area (Å²) in [6, 6.07) is 5.85. The number of fused-ring (bicyclic) bond motifs is 1. The highest BCUT2D eigenvalue weighted by atomic mass is 79.9. The minimum absolute atomic E-state index is 0.173. The molecule has 1 aliphatic heterocycles. The predicted octanol–water partition coefficient (Wildman–Crippen LogP) is 3.43. The Balaban J connectivity index is 2.00. The molecule has 3 heteroatoms. The van der Waals surface area contributed by atoms with Crippen molar-refractivity contribution < 1.29 is 9.84 Å². The zero-order chi connectivity index (χ0) is 11.3. The van der Waals surface area contributed by atoms with Gasteiger partial charge in [0.25, 0.3) is 0 Å². The fourth-order valence-electron chi connectivity index (χ4n) is 2.60. The summed E-state index contributed by atoms with van der Waals surface area (Å²) in [5.74, 6) is 1.46. The van der Waals surface area contributed by atoms with Gasteiger partial charge in [0.15, 0.2) is 0 Å². The highest BCUT2D eigenvalue weighted by molar-refractivity contribution is 9.10. The van der Waals surface area contributed by atoms with E-state index < -0.39 is 0 Å². The van der Waals surface area contributed by atoms with E-state index in [-0.39, 0.29) is 11.7 Å². The molecule has 2 unspecified atom stereocenters. The minimum Gasteiger partial charge on any atom is -0.487 e. The molecule has 1 aromatic rings. The van der Waals surface area contributed by atoms with Crippen LogP contribution < -0.4 is 4.74 Å². The second-order valence-corrected chi connectivity index (χ2v) is 6.01. The third-order valence-electron chi connectivity index (χ3n) is 3.72. The van der Waals surface area contributed by atoms with Gasteiger partial charge in [-0.1, -0.05) is 22.0 Å². The van der Waals surface area contributed by atoms with E-state index in [4.69, 9.17) is 4.74 Å². The van der Waals surface area contributed by atoms with Crippen LogP contribution in [0.3, 0.4) is 0 Å². The molecule has 86 valence electrons. The van der Waals surface area contributed by atoms with Crippen LogP contribution in [-0.2, 0) is 0 Å². The quantitative estimate of drug-likeness (QED) is 0.855. The molecule has 1 N–H and O–H groups in total. The van der Waals surface area contributed by atoms with Crippen molar-refractivity contribution in [2.75, 3.05) is 0 Å². The van der Waals surface area contributed by atoms with Crippen molar-refractivity contribution in [3.05, 3.63) is 28.2 Å². The molecule has 1 saturated carbocycles. The molecule has 2 aliphatic rings. The van der Waals surface area contributed by atoms with E-state index in [2.05, 4.69) is 22.9 Å². The molecule has 3 rings (SSSR count). The van der Waals surface area contributed by atoms with E-state index in [1.807, 2.05) is 18.2 Å². The third kappa shape index (κ3) is 1.66. The highest BCUT2D eigenvalue weighted by Crippen LogP contribution is 2.50. The average Bonchev–Trinajstić information content (AvgIpc) is 2.99. The largest absolute Gasteiger partial charge is 0.487 e. The highest BCUT2D eigenvalue weighted by Gasteiger charge is 2.47. The molecule has 0 spiro atoms. The molecular formula is C13H15BrO2. The second-order valence-electron chi connectivity index (χ2n) is 5.09. The maximum atomic E-state index is 10.2. The molecule has 1 fully saturated rings. The van der Waals surface area contributed by atoms with Crippen LogP contribution in [0.15, 0.2) is 22.7 Å². The van der Waals surface area contributed by atoms with Gasteiger partial charge >= 0.3 is 0 Å². The molecule has 16 heavy (non-hydrogen) atoms. The molecule has 2 atom stereocenters. The van der Waals surface area contributed by atoms with E-state index in [0.717, 1.165) is 15.8 Å². The summed E-state index contributed by atoms with van der Waals surface area (Å²) in [6.45, 7) is 2.12. The van der Waals surface area contributed by atoms with Crippen molar-refractivity contribution in [3.8, 4) is 5.75 Å². The fraction of sp³-hybridized carbons (Fsp3) is 0.538. The Kier molecular flexibility index (Phi) is 2.30. The van der Waals surface area contributed by atoms with E-state index in [0.29, 0.717) is 12.3 Å². The molecular weight excluding hydrogens is 268 g/mol. The first-order valence-electron chi connectivity index (χ1n) is 5.75. The number of aliphatic hydroxyl groups excluding tert-OH is 1.